The van der Waals surface area contributed by atoms with E-state index in [1.54, 1.807) is 0 Å². The highest BCUT2D eigenvalue weighted by Gasteiger charge is 2.31. The number of halogens is 2. The lowest BCUT2D eigenvalue weighted by atomic mass is 9.88. The molecule has 3 N–H and O–H groups in total. The van der Waals surface area contributed by atoms with Gasteiger partial charge in [-0.15, -0.1) is 11.3 Å². The van der Waals surface area contributed by atoms with Gasteiger partial charge in [0.2, 0.25) is 0 Å². The number of piperidine rings is 1. The smallest absolute Gasteiger partial charge is 0.0693 e. The number of anilines is 1. The second kappa shape index (κ2) is 8.28. The molecule has 2 aromatic rings. The zero-order chi connectivity index (χ0) is 18.0. The van der Waals surface area contributed by atoms with Gasteiger partial charge in [-0.2, -0.15) is 0 Å². The van der Waals surface area contributed by atoms with E-state index >= 15 is 0 Å². The molecule has 1 saturated heterocycles. The molecule has 1 fully saturated rings. The van der Waals surface area contributed by atoms with Gasteiger partial charge in [-0.3, -0.25) is 4.90 Å². The molecule has 1 aliphatic rings. The third-order valence-electron chi connectivity index (χ3n) is 5.13. The standard InChI is InChI=1S/C19H25Cl2N3S/c1-12(14-9-15(20)18(22)16(21)10-14)23-11-13-5-3-7-24(2)19(13)17-6-4-8-25-17/h4,6,8-10,12-13,19,23H,3,5,7,11,22H2,1-2H3/t12-,13-,19-/m0/s1. The van der Waals surface area contributed by atoms with E-state index in [0.717, 1.165) is 18.7 Å². The first-order valence-corrected chi connectivity index (χ1v) is 10.3. The zero-order valence-corrected chi connectivity index (χ0v) is 17.0. The summed E-state index contributed by atoms with van der Waals surface area (Å²) in [7, 11) is 2.24. The molecule has 0 unspecified atom stereocenters. The van der Waals surface area contributed by atoms with Crippen LogP contribution in [0.15, 0.2) is 29.6 Å². The number of nitrogens with zero attached hydrogens (tertiary/aromatic N) is 1. The first-order valence-electron chi connectivity index (χ1n) is 8.68. The lowest BCUT2D eigenvalue weighted by molar-refractivity contribution is 0.120. The molecule has 0 spiro atoms. The molecule has 6 heteroatoms. The van der Waals surface area contributed by atoms with Crippen LogP contribution in [0, 0.1) is 5.92 Å². The van der Waals surface area contributed by atoms with Gasteiger partial charge >= 0.3 is 0 Å². The van der Waals surface area contributed by atoms with Gasteiger partial charge < -0.3 is 11.1 Å². The summed E-state index contributed by atoms with van der Waals surface area (Å²) in [5.74, 6) is 0.597. The fraction of sp³-hybridized carbons (Fsp3) is 0.474. The highest BCUT2D eigenvalue weighted by Crippen LogP contribution is 2.37. The van der Waals surface area contributed by atoms with Gasteiger partial charge in [0.15, 0.2) is 0 Å². The Morgan fingerprint density at radius 1 is 1.36 bits per heavy atom. The second-order valence-corrected chi connectivity index (χ2v) is 8.67. The van der Waals surface area contributed by atoms with Crippen LogP contribution in [-0.2, 0) is 0 Å². The van der Waals surface area contributed by atoms with E-state index in [4.69, 9.17) is 28.9 Å². The summed E-state index contributed by atoms with van der Waals surface area (Å²) in [5.41, 5.74) is 7.36. The first kappa shape index (κ1) is 19.0. The summed E-state index contributed by atoms with van der Waals surface area (Å²) in [5, 5.41) is 6.88. The van der Waals surface area contributed by atoms with Crippen molar-refractivity contribution in [3.05, 3.63) is 50.1 Å². The Kier molecular flexibility index (Phi) is 6.29. The second-order valence-electron chi connectivity index (χ2n) is 6.87. The maximum absolute atomic E-state index is 6.18. The molecular formula is C19H25Cl2N3S. The van der Waals surface area contributed by atoms with Crippen LogP contribution in [0.25, 0.3) is 0 Å². The molecule has 3 atom stereocenters. The third-order valence-corrected chi connectivity index (χ3v) is 6.70. The van der Waals surface area contributed by atoms with Crippen molar-refractivity contribution in [3.8, 4) is 0 Å². The van der Waals surface area contributed by atoms with Crippen LogP contribution in [0.1, 0.15) is 42.3 Å². The molecule has 0 aliphatic carbocycles. The highest BCUT2D eigenvalue weighted by molar-refractivity contribution is 7.10. The monoisotopic (exact) mass is 397 g/mol. The average molecular weight is 398 g/mol. The van der Waals surface area contributed by atoms with Crippen LogP contribution in [0.5, 0.6) is 0 Å². The Morgan fingerprint density at radius 2 is 2.08 bits per heavy atom. The maximum Gasteiger partial charge on any atom is 0.0693 e. The first-order chi connectivity index (χ1) is 12.0. The number of nitrogen functional groups attached to an aromatic ring is 1. The van der Waals surface area contributed by atoms with Gasteiger partial charge in [-0.1, -0.05) is 29.3 Å². The number of thiophene rings is 1. The largest absolute Gasteiger partial charge is 0.396 e. The molecule has 0 saturated carbocycles. The Morgan fingerprint density at radius 3 is 2.72 bits per heavy atom. The fourth-order valence-electron chi connectivity index (χ4n) is 3.68. The summed E-state index contributed by atoms with van der Waals surface area (Å²) in [6.07, 6.45) is 2.49. The molecule has 2 heterocycles. The fourth-order valence-corrected chi connectivity index (χ4v) is 5.17. The number of likely N-dealkylation sites (tertiary alicyclic amines) is 1. The van der Waals surface area contributed by atoms with E-state index in [2.05, 4.69) is 41.7 Å². The molecule has 0 bridgehead atoms. The summed E-state index contributed by atoms with van der Waals surface area (Å²) < 4.78 is 0. The molecule has 25 heavy (non-hydrogen) atoms. The Labute approximate surface area is 164 Å². The molecular weight excluding hydrogens is 373 g/mol. The summed E-state index contributed by atoms with van der Waals surface area (Å²) in [6, 6.07) is 8.88. The van der Waals surface area contributed by atoms with Gasteiger partial charge in [0.1, 0.15) is 0 Å². The molecule has 1 aromatic carbocycles. The quantitative estimate of drug-likeness (QED) is 0.666. The number of hydrogen-bond donors (Lipinski definition) is 2. The van der Waals surface area contributed by atoms with Crippen LogP contribution in [-0.4, -0.2) is 25.0 Å². The highest BCUT2D eigenvalue weighted by atomic mass is 35.5. The van der Waals surface area contributed by atoms with Gasteiger partial charge in [0, 0.05) is 23.5 Å². The van der Waals surface area contributed by atoms with Crippen LogP contribution in [0.3, 0.4) is 0 Å². The van der Waals surface area contributed by atoms with Crippen LogP contribution in [0.2, 0.25) is 10.0 Å². The van der Waals surface area contributed by atoms with E-state index in [1.807, 2.05) is 23.5 Å². The Bertz CT molecular complexity index is 682. The van der Waals surface area contributed by atoms with Crippen molar-refractivity contribution in [3.63, 3.8) is 0 Å². The van der Waals surface area contributed by atoms with Crippen molar-refractivity contribution in [1.29, 1.82) is 0 Å². The lowest BCUT2D eigenvalue weighted by Gasteiger charge is -2.39. The van der Waals surface area contributed by atoms with Crippen LogP contribution in [0.4, 0.5) is 5.69 Å². The molecule has 1 aliphatic heterocycles. The lowest BCUT2D eigenvalue weighted by Crippen LogP contribution is -2.40. The van der Waals surface area contributed by atoms with Gasteiger partial charge in [-0.05, 0) is 68.4 Å². The van der Waals surface area contributed by atoms with Crippen molar-refractivity contribution >= 4 is 40.2 Å². The molecule has 1 aromatic heterocycles. The Balaban J connectivity index is 1.69. The third kappa shape index (κ3) is 4.32. The molecule has 0 amide bonds. The average Bonchev–Trinajstić information content (AvgIpc) is 3.11. The molecule has 136 valence electrons. The number of benzene rings is 1. The minimum Gasteiger partial charge on any atom is -0.396 e. The minimum absolute atomic E-state index is 0.173. The predicted octanol–water partition coefficient (Wildman–Crippen LogP) is 5.37. The molecule has 3 rings (SSSR count). The van der Waals surface area contributed by atoms with E-state index in [-0.39, 0.29) is 6.04 Å². The predicted molar refractivity (Wildman–Crippen MR) is 110 cm³/mol. The number of rotatable bonds is 5. The van der Waals surface area contributed by atoms with E-state index in [9.17, 15) is 0 Å². The summed E-state index contributed by atoms with van der Waals surface area (Å²) >= 11 is 14.2. The SMILES string of the molecule is C[C@H](NC[C@@H]1CCCN(C)[C@@H]1c1cccs1)c1cc(Cl)c(N)c(Cl)c1. The van der Waals surface area contributed by atoms with Crippen LogP contribution >= 0.6 is 34.5 Å². The van der Waals surface area contributed by atoms with E-state index in [0.29, 0.717) is 27.7 Å². The Hall–Kier alpha value is -0.780. The van der Waals surface area contributed by atoms with Gasteiger partial charge in [0.05, 0.1) is 15.7 Å². The van der Waals surface area contributed by atoms with Gasteiger partial charge in [-0.25, -0.2) is 0 Å². The topological polar surface area (TPSA) is 41.3 Å². The minimum atomic E-state index is 0.173. The summed E-state index contributed by atoms with van der Waals surface area (Å²) in [6.45, 7) is 4.27. The van der Waals surface area contributed by atoms with Crippen molar-refractivity contribution in [2.24, 2.45) is 5.92 Å². The number of nitrogens with two attached hydrogens (primary N) is 1. The van der Waals surface area contributed by atoms with Crippen molar-refractivity contribution in [2.75, 3.05) is 25.9 Å². The maximum atomic E-state index is 6.18. The van der Waals surface area contributed by atoms with Crippen LogP contribution < -0.4 is 11.1 Å². The van der Waals surface area contributed by atoms with Crippen molar-refractivity contribution in [1.82, 2.24) is 10.2 Å². The number of nitrogens with one attached hydrogen (secondary N) is 1. The zero-order valence-electron chi connectivity index (χ0n) is 14.6. The molecule has 3 nitrogen and oxygen atoms in total. The van der Waals surface area contributed by atoms with E-state index in [1.165, 1.54) is 17.7 Å². The van der Waals surface area contributed by atoms with Gasteiger partial charge in [0.25, 0.3) is 0 Å². The van der Waals surface area contributed by atoms with E-state index < -0.39 is 0 Å². The normalized spacial score (nSPS) is 22.9. The van der Waals surface area contributed by atoms with Crippen molar-refractivity contribution < 1.29 is 0 Å². The number of hydrogen-bond acceptors (Lipinski definition) is 4. The van der Waals surface area contributed by atoms with Crippen molar-refractivity contribution in [2.45, 2.75) is 31.8 Å². The summed E-state index contributed by atoms with van der Waals surface area (Å²) in [4.78, 5) is 3.95. The molecule has 0 radical (unpaired) electrons.